The first-order valence-corrected chi connectivity index (χ1v) is 8.09. The van der Waals surface area contributed by atoms with Gasteiger partial charge in [-0.1, -0.05) is 74.0 Å². The van der Waals surface area contributed by atoms with Gasteiger partial charge in [-0.2, -0.15) is 0 Å². The number of hydrogen-bond acceptors (Lipinski definition) is 1. The first-order valence-electron chi connectivity index (χ1n) is 7.71. The van der Waals surface area contributed by atoms with Crippen LogP contribution in [0.25, 0.3) is 0 Å². The van der Waals surface area contributed by atoms with Gasteiger partial charge in [0.25, 0.3) is 0 Å². The highest BCUT2D eigenvalue weighted by atomic mass is 35.5. The molecule has 1 atom stereocenters. The number of halogens is 1. The molecule has 0 bridgehead atoms. The van der Waals surface area contributed by atoms with E-state index < -0.39 is 0 Å². The minimum atomic E-state index is 0.0856. The average molecular weight is 302 g/mol. The molecular weight excluding hydrogens is 278 g/mol. The van der Waals surface area contributed by atoms with Gasteiger partial charge in [-0.15, -0.1) is 0 Å². The largest absolute Gasteiger partial charge is 0.316 e. The highest BCUT2D eigenvalue weighted by molar-refractivity contribution is 6.31. The van der Waals surface area contributed by atoms with Crippen molar-refractivity contribution in [2.24, 2.45) is 0 Å². The highest BCUT2D eigenvalue weighted by Gasteiger charge is 2.30. The molecule has 1 N–H and O–H groups in total. The van der Waals surface area contributed by atoms with E-state index in [1.807, 2.05) is 12.1 Å². The zero-order valence-corrected chi connectivity index (χ0v) is 13.7. The molecule has 2 aromatic carbocycles. The summed E-state index contributed by atoms with van der Waals surface area (Å²) in [6, 6.07) is 19.0. The van der Waals surface area contributed by atoms with E-state index in [0.717, 1.165) is 31.0 Å². The lowest BCUT2D eigenvalue weighted by molar-refractivity contribution is 0.382. The molecule has 2 rings (SSSR count). The normalized spacial score (nSPS) is 13.9. The zero-order valence-electron chi connectivity index (χ0n) is 12.9. The molecule has 0 saturated carbocycles. The molecule has 0 spiro atoms. The van der Waals surface area contributed by atoms with E-state index in [2.05, 4.69) is 61.6 Å². The maximum Gasteiger partial charge on any atom is 0.0438 e. The van der Waals surface area contributed by atoms with E-state index in [1.165, 1.54) is 11.1 Å². The Kier molecular flexibility index (Phi) is 5.84. The summed E-state index contributed by atoms with van der Waals surface area (Å²) in [5, 5.41) is 4.40. The van der Waals surface area contributed by atoms with E-state index in [1.54, 1.807) is 0 Å². The van der Waals surface area contributed by atoms with Crippen LogP contribution in [0.15, 0.2) is 54.6 Å². The van der Waals surface area contributed by atoms with Gasteiger partial charge in [0, 0.05) is 17.0 Å². The van der Waals surface area contributed by atoms with Crippen LogP contribution in [0.5, 0.6) is 0 Å². The molecule has 0 aliphatic rings. The van der Waals surface area contributed by atoms with Gasteiger partial charge in [-0.25, -0.2) is 0 Å². The highest BCUT2D eigenvalue weighted by Crippen LogP contribution is 2.33. The molecule has 0 aliphatic carbocycles. The minimum absolute atomic E-state index is 0.0856. The summed E-state index contributed by atoms with van der Waals surface area (Å²) in [4.78, 5) is 0. The zero-order chi connectivity index (χ0) is 15.1. The summed E-state index contributed by atoms with van der Waals surface area (Å²) in [5.74, 6) is 0. The first-order chi connectivity index (χ1) is 10.2. The predicted molar refractivity (Wildman–Crippen MR) is 92.1 cm³/mol. The summed E-state index contributed by atoms with van der Waals surface area (Å²) >= 11 is 6.39. The summed E-state index contributed by atoms with van der Waals surface area (Å²) < 4.78 is 0. The molecule has 0 heterocycles. The lowest BCUT2D eigenvalue weighted by Gasteiger charge is -2.34. The van der Waals surface area contributed by atoms with E-state index in [0.29, 0.717) is 0 Å². The molecule has 1 nitrogen and oxygen atoms in total. The smallest absolute Gasteiger partial charge is 0.0438 e. The Balaban J connectivity index is 2.38. The number of likely N-dealkylation sites (N-methyl/N-ethyl adjacent to an activating group) is 1. The fourth-order valence-electron chi connectivity index (χ4n) is 2.88. The molecule has 2 aromatic rings. The minimum Gasteiger partial charge on any atom is -0.316 e. The third-order valence-electron chi connectivity index (χ3n) is 4.26. The maximum atomic E-state index is 6.39. The van der Waals surface area contributed by atoms with Crippen LogP contribution < -0.4 is 5.32 Å². The van der Waals surface area contributed by atoms with Crippen molar-refractivity contribution in [2.45, 2.75) is 32.1 Å². The van der Waals surface area contributed by atoms with Crippen molar-refractivity contribution < 1.29 is 0 Å². The van der Waals surface area contributed by atoms with E-state index in [4.69, 9.17) is 11.6 Å². The molecule has 0 radical (unpaired) electrons. The molecule has 0 aromatic heterocycles. The van der Waals surface area contributed by atoms with Gasteiger partial charge in [0.05, 0.1) is 0 Å². The second-order valence-corrected chi connectivity index (χ2v) is 5.96. The molecule has 21 heavy (non-hydrogen) atoms. The van der Waals surface area contributed by atoms with Crippen molar-refractivity contribution in [1.82, 2.24) is 5.32 Å². The fourth-order valence-corrected chi connectivity index (χ4v) is 3.09. The monoisotopic (exact) mass is 301 g/mol. The van der Waals surface area contributed by atoms with E-state index >= 15 is 0 Å². The van der Waals surface area contributed by atoms with Gasteiger partial charge in [0.15, 0.2) is 0 Å². The standard InChI is InChI=1S/C19H24ClN/c1-3-19(15-21-4-2,17-11-6-5-7-12-17)14-16-10-8-9-13-18(16)20/h5-13,21H,3-4,14-15H2,1-2H3. The number of nitrogens with one attached hydrogen (secondary N) is 1. The van der Waals surface area contributed by atoms with Crippen LogP contribution in [-0.2, 0) is 11.8 Å². The Labute approximate surface area is 133 Å². The average Bonchev–Trinajstić information content (AvgIpc) is 2.54. The summed E-state index contributed by atoms with van der Waals surface area (Å²) in [7, 11) is 0. The van der Waals surface area contributed by atoms with Crippen molar-refractivity contribution in [3.63, 3.8) is 0 Å². The number of rotatable bonds is 7. The Morgan fingerprint density at radius 2 is 1.62 bits per heavy atom. The van der Waals surface area contributed by atoms with Crippen molar-refractivity contribution >= 4 is 11.6 Å². The van der Waals surface area contributed by atoms with E-state index in [9.17, 15) is 0 Å². The molecule has 0 saturated heterocycles. The van der Waals surface area contributed by atoms with Crippen LogP contribution in [0.1, 0.15) is 31.4 Å². The maximum absolute atomic E-state index is 6.39. The van der Waals surface area contributed by atoms with Crippen LogP contribution in [0.2, 0.25) is 5.02 Å². The molecule has 0 fully saturated rings. The van der Waals surface area contributed by atoms with Gasteiger partial charge in [0.1, 0.15) is 0 Å². The van der Waals surface area contributed by atoms with Gasteiger partial charge in [-0.05, 0) is 36.6 Å². The van der Waals surface area contributed by atoms with Crippen LogP contribution in [0.3, 0.4) is 0 Å². The van der Waals surface area contributed by atoms with Gasteiger partial charge >= 0.3 is 0 Å². The second-order valence-electron chi connectivity index (χ2n) is 5.55. The Hall–Kier alpha value is -1.31. The topological polar surface area (TPSA) is 12.0 Å². The lowest BCUT2D eigenvalue weighted by Crippen LogP contribution is -2.39. The fraction of sp³-hybridized carbons (Fsp3) is 0.368. The second kappa shape index (κ2) is 7.63. The van der Waals surface area contributed by atoms with Crippen molar-refractivity contribution in [2.75, 3.05) is 13.1 Å². The van der Waals surface area contributed by atoms with Crippen LogP contribution >= 0.6 is 11.6 Å². The Bertz CT molecular complexity index is 553. The van der Waals surface area contributed by atoms with Gasteiger partial charge in [-0.3, -0.25) is 0 Å². The summed E-state index contributed by atoms with van der Waals surface area (Å²) in [5.41, 5.74) is 2.69. The van der Waals surface area contributed by atoms with Crippen LogP contribution in [0.4, 0.5) is 0 Å². The van der Waals surface area contributed by atoms with Crippen molar-refractivity contribution in [3.8, 4) is 0 Å². The summed E-state index contributed by atoms with van der Waals surface area (Å²) in [6.07, 6.45) is 2.04. The SMILES string of the molecule is CCNCC(CC)(Cc1ccccc1Cl)c1ccccc1. The Morgan fingerprint density at radius 1 is 0.952 bits per heavy atom. The van der Waals surface area contributed by atoms with Crippen molar-refractivity contribution in [1.29, 1.82) is 0 Å². The number of benzene rings is 2. The van der Waals surface area contributed by atoms with Gasteiger partial charge in [0.2, 0.25) is 0 Å². The first kappa shape index (κ1) is 16.1. The van der Waals surface area contributed by atoms with Crippen molar-refractivity contribution in [3.05, 3.63) is 70.7 Å². The molecule has 112 valence electrons. The molecule has 1 unspecified atom stereocenters. The predicted octanol–water partition coefficient (Wildman–Crippen LogP) is 4.84. The quantitative estimate of drug-likeness (QED) is 0.771. The Morgan fingerprint density at radius 3 is 2.24 bits per heavy atom. The third-order valence-corrected chi connectivity index (χ3v) is 4.63. The third kappa shape index (κ3) is 3.87. The van der Waals surface area contributed by atoms with Gasteiger partial charge < -0.3 is 5.32 Å². The van der Waals surface area contributed by atoms with E-state index in [-0.39, 0.29) is 5.41 Å². The molecule has 0 aliphatic heterocycles. The lowest BCUT2D eigenvalue weighted by atomic mass is 9.73. The molecule has 0 amide bonds. The van der Waals surface area contributed by atoms with Crippen LogP contribution in [-0.4, -0.2) is 13.1 Å². The number of hydrogen-bond donors (Lipinski definition) is 1. The summed E-state index contributed by atoms with van der Waals surface area (Å²) in [6.45, 7) is 6.37. The molecule has 2 heteroatoms. The molecular formula is C19H24ClN. The van der Waals surface area contributed by atoms with Crippen LogP contribution in [0, 0.1) is 0 Å².